The Morgan fingerprint density at radius 3 is 2.53 bits per heavy atom. The van der Waals surface area contributed by atoms with Gasteiger partial charge < -0.3 is 9.67 Å². The van der Waals surface area contributed by atoms with Gasteiger partial charge in [-0.1, -0.05) is 0 Å². The number of aromatic nitrogens is 2. The van der Waals surface area contributed by atoms with Crippen molar-refractivity contribution in [1.29, 1.82) is 0 Å². The molecule has 0 radical (unpaired) electrons. The zero-order chi connectivity index (χ0) is 10.8. The van der Waals surface area contributed by atoms with Gasteiger partial charge in [-0.2, -0.15) is 0 Å². The first-order chi connectivity index (χ1) is 7.20. The molecule has 0 fully saturated rings. The molecule has 0 aliphatic carbocycles. The van der Waals surface area contributed by atoms with Crippen molar-refractivity contribution in [2.24, 2.45) is 7.05 Å². The summed E-state index contributed by atoms with van der Waals surface area (Å²) in [5.41, 5.74) is 1.59. The van der Waals surface area contributed by atoms with E-state index in [4.69, 9.17) is 5.11 Å². The first-order valence-electron chi connectivity index (χ1n) is 4.48. The standard InChI is InChI=1S/C11H10N2O2/c1-13-6-10(12-11(13)7-14)8-2-4-9(15)5-3-8/h2-7,15H,1H3. The first kappa shape index (κ1) is 9.45. The molecule has 4 heteroatoms. The van der Waals surface area contributed by atoms with Crippen LogP contribution in [0.15, 0.2) is 30.5 Å². The molecule has 0 saturated carbocycles. The van der Waals surface area contributed by atoms with Crippen LogP contribution in [0, 0.1) is 0 Å². The Hall–Kier alpha value is -2.10. The highest BCUT2D eigenvalue weighted by Crippen LogP contribution is 2.20. The number of aryl methyl sites for hydroxylation is 1. The summed E-state index contributed by atoms with van der Waals surface area (Å²) < 4.78 is 1.66. The zero-order valence-corrected chi connectivity index (χ0v) is 8.21. The van der Waals surface area contributed by atoms with Crippen molar-refractivity contribution in [3.05, 3.63) is 36.3 Å². The van der Waals surface area contributed by atoms with Crippen molar-refractivity contribution >= 4 is 6.29 Å². The molecule has 76 valence electrons. The van der Waals surface area contributed by atoms with E-state index in [9.17, 15) is 4.79 Å². The summed E-state index contributed by atoms with van der Waals surface area (Å²) in [4.78, 5) is 14.7. The van der Waals surface area contributed by atoms with Gasteiger partial charge in [0.2, 0.25) is 0 Å². The third kappa shape index (κ3) is 1.74. The summed E-state index contributed by atoms with van der Waals surface area (Å²) >= 11 is 0. The first-order valence-corrected chi connectivity index (χ1v) is 4.48. The van der Waals surface area contributed by atoms with Gasteiger partial charge in [-0.25, -0.2) is 4.98 Å². The third-order valence-corrected chi connectivity index (χ3v) is 2.18. The van der Waals surface area contributed by atoms with Crippen LogP contribution < -0.4 is 0 Å². The molecule has 1 aromatic heterocycles. The number of nitrogens with zero attached hydrogens (tertiary/aromatic N) is 2. The number of aldehydes is 1. The fourth-order valence-electron chi connectivity index (χ4n) is 1.36. The van der Waals surface area contributed by atoms with Crippen molar-refractivity contribution in [1.82, 2.24) is 9.55 Å². The van der Waals surface area contributed by atoms with Gasteiger partial charge in [-0.3, -0.25) is 4.79 Å². The maximum absolute atomic E-state index is 10.6. The number of imidazole rings is 1. The summed E-state index contributed by atoms with van der Waals surface area (Å²) in [6.07, 6.45) is 2.49. The van der Waals surface area contributed by atoms with E-state index in [1.165, 1.54) is 0 Å². The predicted molar refractivity (Wildman–Crippen MR) is 55.7 cm³/mol. The topological polar surface area (TPSA) is 55.1 Å². The van der Waals surface area contributed by atoms with Crippen molar-refractivity contribution in [2.45, 2.75) is 0 Å². The Morgan fingerprint density at radius 2 is 2.00 bits per heavy atom. The van der Waals surface area contributed by atoms with E-state index in [0.29, 0.717) is 12.1 Å². The Morgan fingerprint density at radius 1 is 1.33 bits per heavy atom. The number of benzene rings is 1. The Kier molecular flexibility index (Phi) is 2.25. The van der Waals surface area contributed by atoms with Crippen LogP contribution in [0.3, 0.4) is 0 Å². The molecule has 2 rings (SSSR count). The number of aromatic hydroxyl groups is 1. The van der Waals surface area contributed by atoms with Crippen LogP contribution in [0.5, 0.6) is 5.75 Å². The van der Waals surface area contributed by atoms with Gasteiger partial charge in [0, 0.05) is 18.8 Å². The van der Waals surface area contributed by atoms with Crippen LogP contribution in [0.1, 0.15) is 10.6 Å². The van der Waals surface area contributed by atoms with Crippen LogP contribution in [0.2, 0.25) is 0 Å². The smallest absolute Gasteiger partial charge is 0.185 e. The number of hydrogen-bond acceptors (Lipinski definition) is 3. The Bertz CT molecular complexity index is 486. The van der Waals surface area contributed by atoms with Crippen LogP contribution in [-0.4, -0.2) is 20.9 Å². The van der Waals surface area contributed by atoms with Gasteiger partial charge in [0.15, 0.2) is 12.1 Å². The van der Waals surface area contributed by atoms with E-state index in [2.05, 4.69) is 4.98 Å². The van der Waals surface area contributed by atoms with Crippen LogP contribution in [-0.2, 0) is 7.05 Å². The number of carbonyl (C=O) groups is 1. The Labute approximate surface area is 86.8 Å². The monoisotopic (exact) mass is 202 g/mol. The van der Waals surface area contributed by atoms with Crippen molar-refractivity contribution in [3.8, 4) is 17.0 Å². The van der Waals surface area contributed by atoms with E-state index in [-0.39, 0.29) is 5.75 Å². The number of phenolic OH excluding ortho intramolecular Hbond substituents is 1. The molecule has 0 amide bonds. The number of rotatable bonds is 2. The fourth-order valence-corrected chi connectivity index (χ4v) is 1.36. The molecule has 0 aliphatic heterocycles. The number of phenols is 1. The second-order valence-corrected chi connectivity index (χ2v) is 3.26. The predicted octanol–water partition coefficient (Wildman–Crippen LogP) is 1.61. The zero-order valence-electron chi connectivity index (χ0n) is 8.21. The average molecular weight is 202 g/mol. The second-order valence-electron chi connectivity index (χ2n) is 3.26. The lowest BCUT2D eigenvalue weighted by Crippen LogP contribution is -1.92. The van der Waals surface area contributed by atoms with E-state index in [1.54, 1.807) is 42.1 Å². The normalized spacial score (nSPS) is 10.2. The lowest BCUT2D eigenvalue weighted by molar-refractivity contribution is 0.111. The maximum Gasteiger partial charge on any atom is 0.185 e. The van der Waals surface area contributed by atoms with Crippen LogP contribution in [0.4, 0.5) is 0 Å². The van der Waals surface area contributed by atoms with Gasteiger partial charge >= 0.3 is 0 Å². The Balaban J connectivity index is 2.45. The highest BCUT2D eigenvalue weighted by Gasteiger charge is 2.05. The summed E-state index contributed by atoms with van der Waals surface area (Å²) in [6, 6.07) is 6.69. The quantitative estimate of drug-likeness (QED) is 0.752. The van der Waals surface area contributed by atoms with Crippen molar-refractivity contribution in [3.63, 3.8) is 0 Å². The number of carbonyl (C=O) groups excluding carboxylic acids is 1. The van der Waals surface area contributed by atoms with E-state index in [1.807, 2.05) is 0 Å². The molecule has 0 bridgehead atoms. The molecule has 1 heterocycles. The lowest BCUT2D eigenvalue weighted by Gasteiger charge is -1.95. The lowest BCUT2D eigenvalue weighted by atomic mass is 10.2. The van der Waals surface area contributed by atoms with E-state index >= 15 is 0 Å². The summed E-state index contributed by atoms with van der Waals surface area (Å²) in [6.45, 7) is 0. The molecule has 2 aromatic rings. The second kappa shape index (κ2) is 3.57. The van der Waals surface area contributed by atoms with Crippen LogP contribution in [0.25, 0.3) is 11.3 Å². The minimum atomic E-state index is 0.213. The van der Waals surface area contributed by atoms with E-state index in [0.717, 1.165) is 11.3 Å². The van der Waals surface area contributed by atoms with Gasteiger partial charge in [-0.15, -0.1) is 0 Å². The third-order valence-electron chi connectivity index (χ3n) is 2.18. The summed E-state index contributed by atoms with van der Waals surface area (Å²) in [5.74, 6) is 0.600. The molecule has 1 N–H and O–H groups in total. The molecule has 0 aliphatic rings. The van der Waals surface area contributed by atoms with E-state index < -0.39 is 0 Å². The molecule has 0 atom stereocenters. The highest BCUT2D eigenvalue weighted by molar-refractivity contribution is 5.72. The van der Waals surface area contributed by atoms with Gasteiger partial charge in [0.05, 0.1) is 5.69 Å². The summed E-state index contributed by atoms with van der Waals surface area (Å²) in [5, 5.41) is 9.13. The van der Waals surface area contributed by atoms with Crippen molar-refractivity contribution in [2.75, 3.05) is 0 Å². The largest absolute Gasteiger partial charge is 0.508 e. The SMILES string of the molecule is Cn1cc(-c2ccc(O)cc2)nc1C=O. The van der Waals surface area contributed by atoms with Gasteiger partial charge in [0.25, 0.3) is 0 Å². The molecule has 4 nitrogen and oxygen atoms in total. The highest BCUT2D eigenvalue weighted by atomic mass is 16.3. The molecule has 0 spiro atoms. The van der Waals surface area contributed by atoms with Crippen molar-refractivity contribution < 1.29 is 9.90 Å². The van der Waals surface area contributed by atoms with Gasteiger partial charge in [0.1, 0.15) is 5.75 Å². The average Bonchev–Trinajstić information content (AvgIpc) is 2.61. The van der Waals surface area contributed by atoms with Crippen LogP contribution >= 0.6 is 0 Å². The molecular formula is C11H10N2O2. The fraction of sp³-hybridized carbons (Fsp3) is 0.0909. The molecular weight excluding hydrogens is 192 g/mol. The molecule has 0 unspecified atom stereocenters. The van der Waals surface area contributed by atoms with Gasteiger partial charge in [-0.05, 0) is 24.3 Å². The summed E-state index contributed by atoms with van der Waals surface area (Å²) in [7, 11) is 1.76. The minimum absolute atomic E-state index is 0.213. The molecule has 15 heavy (non-hydrogen) atoms. The minimum Gasteiger partial charge on any atom is -0.508 e. The molecule has 0 saturated heterocycles. The number of hydrogen-bond donors (Lipinski definition) is 1. The molecule has 1 aromatic carbocycles. The maximum atomic E-state index is 10.6.